The number of carbonyl (C=O) groups is 1. The third-order valence-electron chi connectivity index (χ3n) is 3.46. The average molecular weight is 409 g/mol. The van der Waals surface area contributed by atoms with E-state index in [1.165, 1.54) is 6.07 Å². The maximum Gasteiger partial charge on any atom is 0.159 e. The van der Waals surface area contributed by atoms with Crippen LogP contribution in [0.4, 0.5) is 10.1 Å². The van der Waals surface area contributed by atoms with E-state index in [1.807, 2.05) is 24.3 Å². The Kier molecular flexibility index (Phi) is 6.52. The third-order valence-corrected chi connectivity index (χ3v) is 4.02. The molecule has 0 radical (unpaired) electrons. The van der Waals surface area contributed by atoms with Gasteiger partial charge in [0.2, 0.25) is 0 Å². The van der Waals surface area contributed by atoms with Crippen LogP contribution in [-0.4, -0.2) is 23.0 Å². The lowest BCUT2D eigenvalue weighted by molar-refractivity contribution is -0.114. The SMILES string of the molecule is CCC(=O)/C=C(\O)c1nc(Br)c(F)cc1NCc1ccc(OC)cc1. The van der Waals surface area contributed by atoms with Crippen LogP contribution in [0.1, 0.15) is 24.6 Å². The van der Waals surface area contributed by atoms with Gasteiger partial charge in [-0.3, -0.25) is 4.79 Å². The van der Waals surface area contributed by atoms with Crippen molar-refractivity contribution in [3.05, 3.63) is 58.1 Å². The molecular formula is C18H18BrFN2O3. The van der Waals surface area contributed by atoms with E-state index < -0.39 is 5.82 Å². The van der Waals surface area contributed by atoms with Crippen molar-refractivity contribution < 1.29 is 19.0 Å². The molecule has 2 aromatic rings. The van der Waals surface area contributed by atoms with Gasteiger partial charge in [-0.15, -0.1) is 0 Å². The minimum atomic E-state index is -0.574. The van der Waals surface area contributed by atoms with E-state index in [4.69, 9.17) is 4.74 Å². The maximum absolute atomic E-state index is 13.8. The number of halogens is 2. The number of allylic oxidation sites excluding steroid dienone is 1. The van der Waals surface area contributed by atoms with Crippen LogP contribution in [0.25, 0.3) is 5.76 Å². The van der Waals surface area contributed by atoms with Gasteiger partial charge < -0.3 is 15.2 Å². The summed E-state index contributed by atoms with van der Waals surface area (Å²) in [6.45, 7) is 2.07. The van der Waals surface area contributed by atoms with Gasteiger partial charge in [0.05, 0.1) is 12.8 Å². The Morgan fingerprint density at radius 2 is 2.08 bits per heavy atom. The molecule has 1 aromatic heterocycles. The second-order valence-corrected chi connectivity index (χ2v) is 5.96. The standard InChI is InChI=1S/C18H18BrFN2O3/c1-3-12(23)8-16(24)17-15(9-14(20)18(19)22-17)21-10-11-4-6-13(25-2)7-5-11/h4-9,21,24H,3,10H2,1-2H3/b16-8-. The molecule has 0 saturated heterocycles. The number of rotatable bonds is 7. The van der Waals surface area contributed by atoms with Crippen molar-refractivity contribution in [3.63, 3.8) is 0 Å². The average Bonchev–Trinajstić information content (AvgIpc) is 2.62. The van der Waals surface area contributed by atoms with Crippen LogP contribution >= 0.6 is 15.9 Å². The molecule has 0 bridgehead atoms. The van der Waals surface area contributed by atoms with Crippen molar-refractivity contribution in [2.24, 2.45) is 0 Å². The molecule has 0 spiro atoms. The van der Waals surface area contributed by atoms with E-state index >= 15 is 0 Å². The molecule has 1 aromatic carbocycles. The zero-order valence-corrected chi connectivity index (χ0v) is 15.4. The molecule has 1 heterocycles. The number of nitrogens with zero attached hydrogens (tertiary/aromatic N) is 1. The number of nitrogens with one attached hydrogen (secondary N) is 1. The van der Waals surface area contributed by atoms with Gasteiger partial charge in [0.1, 0.15) is 21.8 Å². The molecule has 25 heavy (non-hydrogen) atoms. The lowest BCUT2D eigenvalue weighted by Gasteiger charge is -2.12. The van der Waals surface area contributed by atoms with Crippen molar-refractivity contribution >= 4 is 33.2 Å². The zero-order valence-electron chi connectivity index (χ0n) is 13.8. The third kappa shape index (κ3) is 5.03. The van der Waals surface area contributed by atoms with Crippen molar-refractivity contribution in [2.75, 3.05) is 12.4 Å². The number of aliphatic hydroxyl groups excluding tert-OH is 1. The van der Waals surface area contributed by atoms with Gasteiger partial charge >= 0.3 is 0 Å². The summed E-state index contributed by atoms with van der Waals surface area (Å²) >= 11 is 2.99. The van der Waals surface area contributed by atoms with Gasteiger partial charge in [0.15, 0.2) is 11.6 Å². The Morgan fingerprint density at radius 1 is 1.40 bits per heavy atom. The number of methoxy groups -OCH3 is 1. The molecule has 5 nitrogen and oxygen atoms in total. The summed E-state index contributed by atoms with van der Waals surface area (Å²) < 4.78 is 18.9. The predicted molar refractivity (Wildman–Crippen MR) is 98.1 cm³/mol. The molecule has 132 valence electrons. The topological polar surface area (TPSA) is 71.5 Å². The monoisotopic (exact) mass is 408 g/mol. The molecule has 2 rings (SSSR count). The van der Waals surface area contributed by atoms with Crippen LogP contribution in [0.3, 0.4) is 0 Å². The quantitative estimate of drug-likeness (QED) is 0.401. The fourth-order valence-corrected chi connectivity index (χ4v) is 2.35. The van der Waals surface area contributed by atoms with Gasteiger partial charge in [0, 0.05) is 25.1 Å². The van der Waals surface area contributed by atoms with Crippen LogP contribution in [-0.2, 0) is 11.3 Å². The van der Waals surface area contributed by atoms with Crippen molar-refractivity contribution in [1.82, 2.24) is 4.98 Å². The predicted octanol–water partition coefficient (Wildman–Crippen LogP) is 4.48. The number of benzene rings is 1. The largest absolute Gasteiger partial charge is 0.505 e. The first-order valence-electron chi connectivity index (χ1n) is 7.61. The zero-order chi connectivity index (χ0) is 18.4. The summed E-state index contributed by atoms with van der Waals surface area (Å²) in [5.74, 6) is -0.402. The Balaban J connectivity index is 2.27. The van der Waals surface area contributed by atoms with E-state index in [1.54, 1.807) is 14.0 Å². The van der Waals surface area contributed by atoms with Crippen molar-refractivity contribution in [1.29, 1.82) is 0 Å². The Bertz CT molecular complexity index is 792. The smallest absolute Gasteiger partial charge is 0.159 e. The molecule has 0 aliphatic carbocycles. The Morgan fingerprint density at radius 3 is 2.68 bits per heavy atom. The lowest BCUT2D eigenvalue weighted by Crippen LogP contribution is -2.06. The van der Waals surface area contributed by atoms with E-state index in [-0.39, 0.29) is 33.9 Å². The molecule has 0 amide bonds. The lowest BCUT2D eigenvalue weighted by atomic mass is 10.1. The highest BCUT2D eigenvalue weighted by atomic mass is 79.9. The Hall–Kier alpha value is -2.41. The van der Waals surface area contributed by atoms with E-state index in [9.17, 15) is 14.3 Å². The first kappa shape index (κ1) is 18.9. The van der Waals surface area contributed by atoms with Gasteiger partial charge in [-0.2, -0.15) is 0 Å². The normalized spacial score (nSPS) is 11.3. The number of ether oxygens (including phenoxy) is 1. The molecule has 0 aliphatic heterocycles. The number of hydrogen-bond acceptors (Lipinski definition) is 5. The van der Waals surface area contributed by atoms with Crippen molar-refractivity contribution in [2.45, 2.75) is 19.9 Å². The first-order chi connectivity index (χ1) is 11.9. The minimum Gasteiger partial charge on any atom is -0.505 e. The van der Waals surface area contributed by atoms with Crippen LogP contribution in [0.15, 0.2) is 41.0 Å². The van der Waals surface area contributed by atoms with E-state index in [2.05, 4.69) is 26.2 Å². The number of aliphatic hydroxyl groups is 1. The van der Waals surface area contributed by atoms with E-state index in [0.717, 1.165) is 17.4 Å². The van der Waals surface area contributed by atoms with Crippen LogP contribution < -0.4 is 10.1 Å². The highest BCUT2D eigenvalue weighted by molar-refractivity contribution is 9.10. The maximum atomic E-state index is 13.8. The number of pyridine rings is 1. The summed E-state index contributed by atoms with van der Waals surface area (Å²) in [5, 5.41) is 13.2. The summed E-state index contributed by atoms with van der Waals surface area (Å²) in [6, 6.07) is 8.58. The molecule has 0 fully saturated rings. The number of hydrogen-bond donors (Lipinski definition) is 2. The van der Waals surface area contributed by atoms with Crippen molar-refractivity contribution in [3.8, 4) is 5.75 Å². The van der Waals surface area contributed by atoms with Crippen LogP contribution in [0, 0.1) is 5.82 Å². The highest BCUT2D eigenvalue weighted by Gasteiger charge is 2.14. The number of carbonyl (C=O) groups excluding carboxylic acids is 1. The summed E-state index contributed by atoms with van der Waals surface area (Å²) in [7, 11) is 1.59. The second kappa shape index (κ2) is 8.62. The molecule has 0 aliphatic rings. The van der Waals surface area contributed by atoms with Crippen LogP contribution in [0.5, 0.6) is 5.75 Å². The minimum absolute atomic E-state index is 0.0404. The van der Waals surface area contributed by atoms with Gasteiger partial charge in [-0.1, -0.05) is 19.1 Å². The number of aromatic nitrogens is 1. The molecule has 0 unspecified atom stereocenters. The molecule has 7 heteroatoms. The molecule has 0 saturated carbocycles. The number of anilines is 1. The Labute approximate surface area is 153 Å². The summed E-state index contributed by atoms with van der Waals surface area (Å²) in [6.07, 6.45) is 1.34. The van der Waals surface area contributed by atoms with E-state index in [0.29, 0.717) is 6.54 Å². The molecular weight excluding hydrogens is 391 g/mol. The fraction of sp³-hybridized carbons (Fsp3) is 0.222. The second-order valence-electron chi connectivity index (χ2n) is 5.21. The van der Waals surface area contributed by atoms with Gasteiger partial charge in [0.25, 0.3) is 0 Å². The van der Waals surface area contributed by atoms with Crippen LogP contribution in [0.2, 0.25) is 0 Å². The summed E-state index contributed by atoms with van der Waals surface area (Å²) in [5.41, 5.74) is 1.32. The number of ketones is 1. The van der Waals surface area contributed by atoms with Gasteiger partial charge in [-0.05, 0) is 33.6 Å². The van der Waals surface area contributed by atoms with Gasteiger partial charge in [-0.25, -0.2) is 9.37 Å². The highest BCUT2D eigenvalue weighted by Crippen LogP contribution is 2.26. The summed E-state index contributed by atoms with van der Waals surface area (Å²) in [4.78, 5) is 15.5. The fourth-order valence-electron chi connectivity index (χ4n) is 2.06. The molecule has 2 N–H and O–H groups in total. The first-order valence-corrected chi connectivity index (χ1v) is 8.40. The molecule has 0 atom stereocenters.